The number of fused-ring (bicyclic) bond motifs is 1. The highest BCUT2D eigenvalue weighted by Gasteiger charge is 2.38. The Morgan fingerprint density at radius 1 is 1.25 bits per heavy atom. The molecule has 2 aromatic rings. The van der Waals surface area contributed by atoms with Crippen LogP contribution in [0.25, 0.3) is 0 Å². The second kappa shape index (κ2) is 7.14. The van der Waals surface area contributed by atoms with Crippen LogP contribution in [0.3, 0.4) is 0 Å². The quantitative estimate of drug-likeness (QED) is 0.827. The van der Waals surface area contributed by atoms with Gasteiger partial charge in [0.2, 0.25) is 5.91 Å². The number of hydrogen-bond donors (Lipinski definition) is 2. The second-order valence-electron chi connectivity index (χ2n) is 6.25. The van der Waals surface area contributed by atoms with Crippen LogP contribution in [0.4, 0.5) is 11.4 Å². The number of benzene rings is 2. The predicted octanol–water partition coefficient (Wildman–Crippen LogP) is 3.93. The average Bonchev–Trinajstić information content (AvgIpc) is 2.55. The van der Waals surface area contributed by atoms with Crippen molar-refractivity contribution < 1.29 is 9.53 Å². The number of nitrogens with one attached hydrogen (secondary N) is 1. The zero-order valence-electron chi connectivity index (χ0n) is 14.0. The maximum atomic E-state index is 12.9. The third kappa shape index (κ3) is 3.20. The minimum atomic E-state index is -0.510. The molecular formula is C19H23ClN2O2. The number of halogens is 1. The summed E-state index contributed by atoms with van der Waals surface area (Å²) in [5.41, 5.74) is 9.01. The normalized spacial score (nSPS) is 18.9. The van der Waals surface area contributed by atoms with E-state index < -0.39 is 5.41 Å². The summed E-state index contributed by atoms with van der Waals surface area (Å²) in [4.78, 5) is 12.9. The van der Waals surface area contributed by atoms with E-state index in [9.17, 15) is 4.79 Å². The Morgan fingerprint density at radius 2 is 2.00 bits per heavy atom. The van der Waals surface area contributed by atoms with E-state index in [-0.39, 0.29) is 18.3 Å². The van der Waals surface area contributed by atoms with Crippen molar-refractivity contribution in [3.63, 3.8) is 0 Å². The minimum absolute atomic E-state index is 0. The van der Waals surface area contributed by atoms with Gasteiger partial charge in [0, 0.05) is 5.69 Å². The molecule has 0 radical (unpaired) electrons. The molecule has 0 heterocycles. The van der Waals surface area contributed by atoms with Gasteiger partial charge >= 0.3 is 0 Å². The highest BCUT2D eigenvalue weighted by atomic mass is 35.5. The lowest BCUT2D eigenvalue weighted by atomic mass is 9.70. The van der Waals surface area contributed by atoms with E-state index in [2.05, 4.69) is 17.4 Å². The van der Waals surface area contributed by atoms with Crippen molar-refractivity contribution in [2.75, 3.05) is 18.2 Å². The topological polar surface area (TPSA) is 64.3 Å². The van der Waals surface area contributed by atoms with Gasteiger partial charge in [-0.25, -0.2) is 0 Å². The summed E-state index contributed by atoms with van der Waals surface area (Å²) in [6.45, 7) is 2.02. The fourth-order valence-electron chi connectivity index (χ4n) is 3.36. The molecule has 3 rings (SSSR count). The molecule has 0 aromatic heterocycles. The summed E-state index contributed by atoms with van der Waals surface area (Å²) >= 11 is 0. The first kappa shape index (κ1) is 18.1. The molecule has 1 aliphatic rings. The van der Waals surface area contributed by atoms with Crippen LogP contribution in [0, 0.1) is 0 Å². The minimum Gasteiger partial charge on any atom is -0.495 e. The number of carbonyl (C=O) groups excluding carboxylic acids is 1. The lowest BCUT2D eigenvalue weighted by Crippen LogP contribution is -2.40. The summed E-state index contributed by atoms with van der Waals surface area (Å²) in [5, 5.41) is 3.01. The Kier molecular flexibility index (Phi) is 5.40. The van der Waals surface area contributed by atoms with E-state index in [4.69, 9.17) is 10.5 Å². The number of nitrogen functional groups attached to an aromatic ring is 1. The molecule has 0 saturated carbocycles. The average molecular weight is 347 g/mol. The maximum absolute atomic E-state index is 12.9. The van der Waals surface area contributed by atoms with E-state index in [1.165, 1.54) is 5.56 Å². The van der Waals surface area contributed by atoms with E-state index >= 15 is 0 Å². The van der Waals surface area contributed by atoms with Gasteiger partial charge < -0.3 is 15.8 Å². The van der Waals surface area contributed by atoms with Crippen LogP contribution in [0.15, 0.2) is 42.5 Å². The van der Waals surface area contributed by atoms with Crippen LogP contribution < -0.4 is 15.8 Å². The van der Waals surface area contributed by atoms with Crippen molar-refractivity contribution in [2.45, 2.75) is 31.6 Å². The van der Waals surface area contributed by atoms with Gasteiger partial charge in [-0.15, -0.1) is 12.4 Å². The summed E-state index contributed by atoms with van der Waals surface area (Å²) in [6, 6.07) is 13.5. The number of rotatable bonds is 3. The molecule has 1 amide bonds. The SMILES string of the molecule is COc1ccc(NC(=O)C2(C)CCCc3ccccc32)cc1N.Cl. The Hall–Kier alpha value is -2.20. The Morgan fingerprint density at radius 3 is 2.71 bits per heavy atom. The van der Waals surface area contributed by atoms with Crippen molar-refractivity contribution in [3.8, 4) is 5.75 Å². The number of aryl methyl sites for hydroxylation is 1. The van der Waals surface area contributed by atoms with Gasteiger partial charge in [-0.05, 0) is 55.5 Å². The van der Waals surface area contributed by atoms with Crippen LogP contribution in [0.2, 0.25) is 0 Å². The zero-order chi connectivity index (χ0) is 16.4. The molecule has 0 bridgehead atoms. The van der Waals surface area contributed by atoms with Crippen LogP contribution in [0.5, 0.6) is 5.75 Å². The predicted molar refractivity (Wildman–Crippen MR) is 100 cm³/mol. The molecule has 128 valence electrons. The highest BCUT2D eigenvalue weighted by molar-refractivity contribution is 5.99. The fraction of sp³-hybridized carbons (Fsp3) is 0.316. The maximum Gasteiger partial charge on any atom is 0.234 e. The number of carbonyl (C=O) groups is 1. The standard InChI is InChI=1S/C19H22N2O2.ClH/c1-19(11-5-7-13-6-3-4-8-15(13)19)18(22)21-14-9-10-17(23-2)16(20)12-14;/h3-4,6,8-10,12H,5,7,11,20H2,1-2H3,(H,21,22);1H. The van der Waals surface area contributed by atoms with Gasteiger partial charge in [-0.3, -0.25) is 4.79 Å². The fourth-order valence-corrected chi connectivity index (χ4v) is 3.36. The molecule has 0 fully saturated rings. The molecule has 5 heteroatoms. The molecule has 1 unspecified atom stereocenters. The van der Waals surface area contributed by atoms with Crippen molar-refractivity contribution in [2.24, 2.45) is 0 Å². The van der Waals surface area contributed by atoms with Crippen LogP contribution in [-0.2, 0) is 16.6 Å². The van der Waals surface area contributed by atoms with Crippen molar-refractivity contribution in [1.29, 1.82) is 0 Å². The lowest BCUT2D eigenvalue weighted by Gasteiger charge is -2.34. The van der Waals surface area contributed by atoms with Gasteiger partial charge in [0.1, 0.15) is 5.75 Å². The molecule has 24 heavy (non-hydrogen) atoms. The first-order chi connectivity index (χ1) is 11.0. The van der Waals surface area contributed by atoms with E-state index in [1.807, 2.05) is 25.1 Å². The monoisotopic (exact) mass is 346 g/mol. The molecule has 0 saturated heterocycles. The first-order valence-electron chi connectivity index (χ1n) is 7.88. The Bertz CT molecular complexity index is 748. The highest BCUT2D eigenvalue weighted by Crippen LogP contribution is 2.38. The third-order valence-corrected chi connectivity index (χ3v) is 4.72. The first-order valence-corrected chi connectivity index (χ1v) is 7.88. The third-order valence-electron chi connectivity index (χ3n) is 4.72. The summed E-state index contributed by atoms with van der Waals surface area (Å²) in [6.07, 6.45) is 2.90. The number of amides is 1. The number of nitrogens with two attached hydrogens (primary N) is 1. The van der Waals surface area contributed by atoms with E-state index in [1.54, 1.807) is 19.2 Å². The molecule has 1 aliphatic carbocycles. The van der Waals surface area contributed by atoms with Gasteiger partial charge in [-0.1, -0.05) is 24.3 Å². The van der Waals surface area contributed by atoms with Crippen molar-refractivity contribution >= 4 is 29.7 Å². The number of methoxy groups -OCH3 is 1. The smallest absolute Gasteiger partial charge is 0.234 e. The van der Waals surface area contributed by atoms with E-state index in [0.29, 0.717) is 17.1 Å². The summed E-state index contributed by atoms with van der Waals surface area (Å²) in [5.74, 6) is 0.617. The molecule has 0 aliphatic heterocycles. The number of hydrogen-bond acceptors (Lipinski definition) is 3. The van der Waals surface area contributed by atoms with E-state index in [0.717, 1.165) is 24.8 Å². The zero-order valence-corrected chi connectivity index (χ0v) is 14.8. The van der Waals surface area contributed by atoms with Gasteiger partial charge in [0.05, 0.1) is 18.2 Å². The Balaban J connectivity index is 0.00000208. The Labute approximate surface area is 148 Å². The van der Waals surface area contributed by atoms with Crippen molar-refractivity contribution in [1.82, 2.24) is 0 Å². The summed E-state index contributed by atoms with van der Waals surface area (Å²) in [7, 11) is 1.57. The van der Waals surface area contributed by atoms with Gasteiger partial charge in [0.25, 0.3) is 0 Å². The second-order valence-corrected chi connectivity index (χ2v) is 6.25. The molecule has 0 spiro atoms. The molecular weight excluding hydrogens is 324 g/mol. The molecule has 4 nitrogen and oxygen atoms in total. The van der Waals surface area contributed by atoms with Crippen molar-refractivity contribution in [3.05, 3.63) is 53.6 Å². The number of ether oxygens (including phenoxy) is 1. The largest absolute Gasteiger partial charge is 0.495 e. The number of anilines is 2. The van der Waals surface area contributed by atoms with Crippen LogP contribution in [-0.4, -0.2) is 13.0 Å². The summed E-state index contributed by atoms with van der Waals surface area (Å²) < 4.78 is 5.15. The molecule has 2 aromatic carbocycles. The van der Waals surface area contributed by atoms with Gasteiger partial charge in [0.15, 0.2) is 0 Å². The van der Waals surface area contributed by atoms with Gasteiger partial charge in [-0.2, -0.15) is 0 Å². The lowest BCUT2D eigenvalue weighted by molar-refractivity contribution is -0.121. The molecule has 1 atom stereocenters. The molecule has 3 N–H and O–H groups in total. The van der Waals surface area contributed by atoms with Crippen LogP contribution >= 0.6 is 12.4 Å². The van der Waals surface area contributed by atoms with Crippen LogP contribution in [0.1, 0.15) is 30.9 Å².